The lowest BCUT2D eigenvalue weighted by molar-refractivity contribution is -0.118. The van der Waals surface area contributed by atoms with E-state index in [4.69, 9.17) is 10.5 Å². The predicted molar refractivity (Wildman–Crippen MR) is 85.7 cm³/mol. The molecule has 5 nitrogen and oxygen atoms in total. The molecule has 2 rings (SSSR count). The minimum absolute atomic E-state index is 0.0567. The highest BCUT2D eigenvalue weighted by molar-refractivity contribution is 5.92. The molecule has 0 unspecified atom stereocenters. The van der Waals surface area contributed by atoms with Crippen molar-refractivity contribution in [1.29, 1.82) is 0 Å². The van der Waals surface area contributed by atoms with Crippen LogP contribution in [0.1, 0.15) is 0 Å². The van der Waals surface area contributed by atoms with Crippen LogP contribution >= 0.6 is 0 Å². The van der Waals surface area contributed by atoms with E-state index in [1.54, 1.807) is 24.3 Å². The molecular weight excluding hydrogens is 266 g/mol. The Balaban J connectivity index is 1.87. The SMILES string of the molecule is CN(C)c1ccc(NC(=O)COc2cccc(N)c2)cc1. The van der Waals surface area contributed by atoms with Crippen molar-refractivity contribution in [2.45, 2.75) is 0 Å². The molecule has 2 aromatic carbocycles. The highest BCUT2D eigenvalue weighted by Gasteiger charge is 2.04. The van der Waals surface area contributed by atoms with Gasteiger partial charge in [0.05, 0.1) is 0 Å². The van der Waals surface area contributed by atoms with E-state index in [1.165, 1.54) is 0 Å². The van der Waals surface area contributed by atoms with Crippen molar-refractivity contribution >= 4 is 23.0 Å². The lowest BCUT2D eigenvalue weighted by Gasteiger charge is -2.13. The fourth-order valence-electron chi connectivity index (χ4n) is 1.79. The minimum atomic E-state index is -0.213. The first-order chi connectivity index (χ1) is 10.0. The highest BCUT2D eigenvalue weighted by Crippen LogP contribution is 2.16. The van der Waals surface area contributed by atoms with Crippen LogP contribution in [0.5, 0.6) is 5.75 Å². The van der Waals surface area contributed by atoms with Crippen LogP contribution in [-0.4, -0.2) is 26.6 Å². The van der Waals surface area contributed by atoms with E-state index >= 15 is 0 Å². The number of carbonyl (C=O) groups is 1. The summed E-state index contributed by atoms with van der Waals surface area (Å²) >= 11 is 0. The number of nitrogens with one attached hydrogen (secondary N) is 1. The molecule has 0 aliphatic heterocycles. The summed E-state index contributed by atoms with van der Waals surface area (Å²) in [5.74, 6) is 0.364. The van der Waals surface area contributed by atoms with Crippen LogP contribution in [0.15, 0.2) is 48.5 Å². The first kappa shape index (κ1) is 14.7. The number of hydrogen-bond donors (Lipinski definition) is 2. The van der Waals surface area contributed by atoms with Crippen LogP contribution in [0.4, 0.5) is 17.1 Å². The quantitative estimate of drug-likeness (QED) is 0.828. The van der Waals surface area contributed by atoms with Gasteiger partial charge in [-0.05, 0) is 36.4 Å². The van der Waals surface area contributed by atoms with Gasteiger partial charge in [0, 0.05) is 37.2 Å². The highest BCUT2D eigenvalue weighted by atomic mass is 16.5. The standard InChI is InChI=1S/C16H19N3O2/c1-19(2)14-8-6-13(7-9-14)18-16(20)11-21-15-5-3-4-12(17)10-15/h3-10H,11,17H2,1-2H3,(H,18,20). The van der Waals surface area contributed by atoms with Gasteiger partial charge >= 0.3 is 0 Å². The summed E-state index contributed by atoms with van der Waals surface area (Å²) in [6.45, 7) is -0.0567. The average molecular weight is 285 g/mol. The summed E-state index contributed by atoms with van der Waals surface area (Å²) in [6.07, 6.45) is 0. The third kappa shape index (κ3) is 4.42. The molecule has 2 aromatic rings. The van der Waals surface area contributed by atoms with Crippen molar-refractivity contribution in [3.05, 3.63) is 48.5 Å². The van der Waals surface area contributed by atoms with Gasteiger partial charge in [0.1, 0.15) is 5.75 Å². The predicted octanol–water partition coefficient (Wildman–Crippen LogP) is 2.35. The molecule has 110 valence electrons. The summed E-state index contributed by atoms with van der Waals surface area (Å²) in [5, 5.41) is 2.78. The average Bonchev–Trinajstić information content (AvgIpc) is 2.46. The summed E-state index contributed by atoms with van der Waals surface area (Å²) in [5.41, 5.74) is 8.06. The van der Waals surface area contributed by atoms with Crippen molar-refractivity contribution in [1.82, 2.24) is 0 Å². The maximum Gasteiger partial charge on any atom is 0.262 e. The van der Waals surface area contributed by atoms with Crippen molar-refractivity contribution < 1.29 is 9.53 Å². The third-order valence-corrected chi connectivity index (χ3v) is 2.90. The van der Waals surface area contributed by atoms with Gasteiger partial charge < -0.3 is 20.7 Å². The first-order valence-electron chi connectivity index (χ1n) is 6.60. The van der Waals surface area contributed by atoms with Gasteiger partial charge in [0.25, 0.3) is 5.91 Å². The van der Waals surface area contributed by atoms with Crippen LogP contribution in [0.25, 0.3) is 0 Å². The van der Waals surface area contributed by atoms with Crippen molar-refractivity contribution in [3.63, 3.8) is 0 Å². The van der Waals surface area contributed by atoms with Gasteiger partial charge in [-0.2, -0.15) is 0 Å². The Labute approximate surface area is 124 Å². The number of carbonyl (C=O) groups excluding carboxylic acids is 1. The van der Waals surface area contributed by atoms with Gasteiger partial charge in [0.2, 0.25) is 0 Å². The number of nitrogen functional groups attached to an aromatic ring is 1. The second-order valence-corrected chi connectivity index (χ2v) is 4.85. The largest absolute Gasteiger partial charge is 0.484 e. The van der Waals surface area contributed by atoms with E-state index in [0.717, 1.165) is 11.4 Å². The smallest absolute Gasteiger partial charge is 0.262 e. The number of rotatable bonds is 5. The van der Waals surface area contributed by atoms with Crippen molar-refractivity contribution in [3.8, 4) is 5.75 Å². The molecule has 0 heterocycles. The fourth-order valence-corrected chi connectivity index (χ4v) is 1.79. The van der Waals surface area contributed by atoms with E-state index in [0.29, 0.717) is 11.4 Å². The molecule has 0 aliphatic rings. The topological polar surface area (TPSA) is 67.6 Å². The zero-order chi connectivity index (χ0) is 15.2. The van der Waals surface area contributed by atoms with Crippen molar-refractivity contribution in [2.24, 2.45) is 0 Å². The Morgan fingerprint density at radius 2 is 1.90 bits per heavy atom. The van der Waals surface area contributed by atoms with Crippen LogP contribution in [0.3, 0.4) is 0 Å². The fraction of sp³-hybridized carbons (Fsp3) is 0.188. The molecule has 0 aromatic heterocycles. The molecule has 0 radical (unpaired) electrons. The van der Waals surface area contributed by atoms with Gasteiger partial charge in [-0.3, -0.25) is 4.79 Å². The van der Waals surface area contributed by atoms with Crippen LogP contribution < -0.4 is 20.7 Å². The van der Waals surface area contributed by atoms with Crippen LogP contribution in [0.2, 0.25) is 0 Å². The molecule has 0 saturated carbocycles. The lowest BCUT2D eigenvalue weighted by atomic mass is 10.2. The molecule has 0 spiro atoms. The number of ether oxygens (including phenoxy) is 1. The Bertz CT molecular complexity index is 609. The van der Waals surface area contributed by atoms with Gasteiger partial charge in [0.15, 0.2) is 6.61 Å². The van der Waals surface area contributed by atoms with E-state index in [-0.39, 0.29) is 12.5 Å². The van der Waals surface area contributed by atoms with E-state index in [9.17, 15) is 4.79 Å². The first-order valence-corrected chi connectivity index (χ1v) is 6.60. The minimum Gasteiger partial charge on any atom is -0.484 e. The maximum absolute atomic E-state index is 11.8. The Morgan fingerprint density at radius 3 is 2.52 bits per heavy atom. The zero-order valence-corrected chi connectivity index (χ0v) is 12.2. The van der Waals surface area contributed by atoms with Gasteiger partial charge in [-0.25, -0.2) is 0 Å². The van der Waals surface area contributed by atoms with Crippen LogP contribution in [-0.2, 0) is 4.79 Å². The second kappa shape index (κ2) is 6.65. The zero-order valence-electron chi connectivity index (χ0n) is 12.2. The van der Waals surface area contributed by atoms with Crippen molar-refractivity contribution in [2.75, 3.05) is 36.7 Å². The molecule has 0 aliphatic carbocycles. The lowest BCUT2D eigenvalue weighted by Crippen LogP contribution is -2.20. The molecule has 5 heteroatoms. The Kier molecular flexibility index (Phi) is 4.66. The maximum atomic E-state index is 11.8. The molecule has 0 bridgehead atoms. The van der Waals surface area contributed by atoms with Crippen LogP contribution in [0, 0.1) is 0 Å². The molecule has 0 atom stereocenters. The molecule has 0 saturated heterocycles. The number of nitrogens with two attached hydrogens (primary N) is 1. The van der Waals surface area contributed by atoms with E-state index < -0.39 is 0 Å². The number of amides is 1. The molecular formula is C16H19N3O2. The molecule has 1 amide bonds. The molecule has 21 heavy (non-hydrogen) atoms. The molecule has 3 N–H and O–H groups in total. The Hall–Kier alpha value is -2.69. The third-order valence-electron chi connectivity index (χ3n) is 2.90. The van der Waals surface area contributed by atoms with Gasteiger partial charge in [-0.15, -0.1) is 0 Å². The second-order valence-electron chi connectivity index (χ2n) is 4.85. The number of hydrogen-bond acceptors (Lipinski definition) is 4. The Morgan fingerprint density at radius 1 is 1.19 bits per heavy atom. The molecule has 0 fully saturated rings. The summed E-state index contributed by atoms with van der Waals surface area (Å²) < 4.78 is 5.38. The monoisotopic (exact) mass is 285 g/mol. The summed E-state index contributed by atoms with van der Waals surface area (Å²) in [4.78, 5) is 13.8. The summed E-state index contributed by atoms with van der Waals surface area (Å²) in [7, 11) is 3.93. The van der Waals surface area contributed by atoms with E-state index in [2.05, 4.69) is 5.32 Å². The number of benzene rings is 2. The number of nitrogens with zero attached hydrogens (tertiary/aromatic N) is 1. The van der Waals surface area contributed by atoms with E-state index in [1.807, 2.05) is 43.3 Å². The summed E-state index contributed by atoms with van der Waals surface area (Å²) in [6, 6.07) is 14.6. The van der Waals surface area contributed by atoms with Gasteiger partial charge in [-0.1, -0.05) is 6.07 Å². The number of anilines is 3. The normalized spacial score (nSPS) is 10.0.